The number of hydrogen-bond acceptors (Lipinski definition) is 2. The normalized spacial score (nSPS) is 19.5. The zero-order valence-electron chi connectivity index (χ0n) is 11.9. The quantitative estimate of drug-likeness (QED) is 0.842. The van der Waals surface area contributed by atoms with Gasteiger partial charge in [0.1, 0.15) is 6.61 Å². The maximum absolute atomic E-state index is 8.67. The highest BCUT2D eigenvalue weighted by Crippen LogP contribution is 2.25. The molecule has 0 spiro atoms. The van der Waals surface area contributed by atoms with Crippen LogP contribution in [0.4, 0.5) is 0 Å². The average Bonchev–Trinajstić information content (AvgIpc) is 2.86. The zero-order chi connectivity index (χ0) is 13.7. The largest absolute Gasteiger partial charge is 0.384 e. The zero-order valence-corrected chi connectivity index (χ0v) is 11.9. The molecular weight excluding hydrogens is 234 g/mol. The fourth-order valence-corrected chi connectivity index (χ4v) is 2.87. The summed E-state index contributed by atoms with van der Waals surface area (Å²) in [6.45, 7) is 6.81. The summed E-state index contributed by atoms with van der Waals surface area (Å²) in [5, 5.41) is 8.67. The van der Waals surface area contributed by atoms with Crippen molar-refractivity contribution >= 4 is 0 Å². The molecular formula is C17H23NO. The van der Waals surface area contributed by atoms with Gasteiger partial charge in [-0.1, -0.05) is 37.8 Å². The summed E-state index contributed by atoms with van der Waals surface area (Å²) in [4.78, 5) is 2.60. The first-order chi connectivity index (χ1) is 9.20. The van der Waals surface area contributed by atoms with Crippen molar-refractivity contribution in [1.82, 2.24) is 4.90 Å². The van der Waals surface area contributed by atoms with E-state index in [2.05, 4.69) is 42.7 Å². The van der Waals surface area contributed by atoms with Crippen LogP contribution >= 0.6 is 0 Å². The van der Waals surface area contributed by atoms with Crippen molar-refractivity contribution in [3.63, 3.8) is 0 Å². The Bertz CT molecular complexity index is 452. The molecule has 1 aromatic rings. The number of likely N-dealkylation sites (tertiary alicyclic amines) is 1. The second-order valence-electron chi connectivity index (χ2n) is 5.58. The molecule has 0 amide bonds. The van der Waals surface area contributed by atoms with Crippen molar-refractivity contribution in [3.05, 3.63) is 35.4 Å². The molecule has 0 aliphatic carbocycles. The molecule has 1 aliphatic heterocycles. The Morgan fingerprint density at radius 1 is 1.32 bits per heavy atom. The van der Waals surface area contributed by atoms with Gasteiger partial charge in [-0.15, -0.1) is 0 Å². The van der Waals surface area contributed by atoms with E-state index in [1.54, 1.807) is 0 Å². The van der Waals surface area contributed by atoms with Crippen molar-refractivity contribution in [2.45, 2.75) is 39.3 Å². The van der Waals surface area contributed by atoms with Gasteiger partial charge in [0, 0.05) is 18.2 Å². The molecule has 0 bridgehead atoms. The van der Waals surface area contributed by atoms with Gasteiger partial charge >= 0.3 is 0 Å². The standard InChI is InChI=1S/C17H23NO/c1-14(2)17-6-3-11-18(17)13-16-9-7-15(8-10-16)5-4-12-19/h7-10,14,17,19H,3,6,11-13H2,1-2H3. The van der Waals surface area contributed by atoms with E-state index in [1.807, 2.05) is 12.1 Å². The monoisotopic (exact) mass is 257 g/mol. The number of aliphatic hydroxyl groups is 1. The minimum absolute atomic E-state index is 0.0778. The van der Waals surface area contributed by atoms with Gasteiger partial charge < -0.3 is 5.11 Å². The first kappa shape index (κ1) is 14.1. The molecule has 0 aromatic heterocycles. The van der Waals surface area contributed by atoms with Crippen LogP contribution in [-0.4, -0.2) is 29.2 Å². The van der Waals surface area contributed by atoms with E-state index in [0.717, 1.165) is 24.1 Å². The molecule has 1 fully saturated rings. The van der Waals surface area contributed by atoms with Gasteiger partial charge in [0.05, 0.1) is 0 Å². The van der Waals surface area contributed by atoms with Crippen LogP contribution in [0, 0.1) is 17.8 Å². The summed E-state index contributed by atoms with van der Waals surface area (Å²) >= 11 is 0. The lowest BCUT2D eigenvalue weighted by atomic mass is 10.0. The second-order valence-corrected chi connectivity index (χ2v) is 5.58. The number of hydrogen-bond donors (Lipinski definition) is 1. The van der Waals surface area contributed by atoms with Crippen molar-refractivity contribution < 1.29 is 5.11 Å². The molecule has 1 aromatic carbocycles. The van der Waals surface area contributed by atoms with Gasteiger partial charge in [-0.3, -0.25) is 4.90 Å². The van der Waals surface area contributed by atoms with Crippen LogP contribution < -0.4 is 0 Å². The van der Waals surface area contributed by atoms with Crippen LogP contribution in [-0.2, 0) is 6.54 Å². The molecule has 1 aliphatic rings. The lowest BCUT2D eigenvalue weighted by Gasteiger charge is -2.27. The highest BCUT2D eigenvalue weighted by molar-refractivity contribution is 5.36. The van der Waals surface area contributed by atoms with E-state index in [0.29, 0.717) is 0 Å². The average molecular weight is 257 g/mol. The van der Waals surface area contributed by atoms with E-state index in [1.165, 1.54) is 24.9 Å². The van der Waals surface area contributed by atoms with Crippen LogP contribution in [0.2, 0.25) is 0 Å². The van der Waals surface area contributed by atoms with Crippen molar-refractivity contribution in [1.29, 1.82) is 0 Å². The molecule has 1 unspecified atom stereocenters. The number of nitrogens with zero attached hydrogens (tertiary/aromatic N) is 1. The molecule has 0 saturated carbocycles. The fraction of sp³-hybridized carbons (Fsp3) is 0.529. The molecule has 1 N–H and O–H groups in total. The summed E-state index contributed by atoms with van der Waals surface area (Å²) in [5.41, 5.74) is 2.32. The van der Waals surface area contributed by atoms with E-state index in [-0.39, 0.29) is 6.61 Å². The molecule has 2 nitrogen and oxygen atoms in total. The van der Waals surface area contributed by atoms with Crippen LogP contribution in [0.25, 0.3) is 0 Å². The fourth-order valence-electron chi connectivity index (χ4n) is 2.87. The van der Waals surface area contributed by atoms with Gasteiger partial charge in [-0.25, -0.2) is 0 Å². The Hall–Kier alpha value is -1.30. The smallest absolute Gasteiger partial charge is 0.104 e. The summed E-state index contributed by atoms with van der Waals surface area (Å²) in [6, 6.07) is 9.11. The molecule has 1 atom stereocenters. The number of benzene rings is 1. The molecule has 2 heteroatoms. The third-order valence-corrected chi connectivity index (χ3v) is 3.84. The van der Waals surface area contributed by atoms with E-state index in [9.17, 15) is 0 Å². The molecule has 19 heavy (non-hydrogen) atoms. The predicted molar refractivity (Wildman–Crippen MR) is 78.7 cm³/mol. The van der Waals surface area contributed by atoms with Crippen molar-refractivity contribution in [2.75, 3.05) is 13.2 Å². The maximum Gasteiger partial charge on any atom is 0.104 e. The van der Waals surface area contributed by atoms with E-state index in [4.69, 9.17) is 5.11 Å². The third-order valence-electron chi connectivity index (χ3n) is 3.84. The summed E-state index contributed by atoms with van der Waals surface area (Å²) in [5.74, 6) is 6.34. The first-order valence-corrected chi connectivity index (χ1v) is 7.13. The minimum atomic E-state index is -0.0778. The molecule has 2 rings (SSSR count). The lowest BCUT2D eigenvalue weighted by molar-refractivity contribution is 0.199. The third kappa shape index (κ3) is 3.83. The van der Waals surface area contributed by atoms with Crippen LogP contribution in [0.3, 0.4) is 0 Å². The van der Waals surface area contributed by atoms with Gasteiger partial charge in [0.2, 0.25) is 0 Å². The number of aliphatic hydroxyl groups excluding tert-OH is 1. The first-order valence-electron chi connectivity index (χ1n) is 7.13. The Kier molecular flexibility index (Phi) is 5.01. The highest BCUT2D eigenvalue weighted by Gasteiger charge is 2.26. The summed E-state index contributed by atoms with van der Waals surface area (Å²) < 4.78 is 0. The molecule has 0 radical (unpaired) electrons. The summed E-state index contributed by atoms with van der Waals surface area (Å²) in [7, 11) is 0. The Labute approximate surface area is 116 Å². The topological polar surface area (TPSA) is 23.5 Å². The van der Waals surface area contributed by atoms with E-state index >= 15 is 0 Å². The van der Waals surface area contributed by atoms with Crippen molar-refractivity contribution in [2.24, 2.45) is 5.92 Å². The predicted octanol–water partition coefficient (Wildman–Crippen LogP) is 2.65. The van der Waals surface area contributed by atoms with E-state index < -0.39 is 0 Å². The Morgan fingerprint density at radius 2 is 2.05 bits per heavy atom. The SMILES string of the molecule is CC(C)C1CCCN1Cc1ccc(C#CCO)cc1. The Balaban J connectivity index is 1.99. The molecule has 102 valence electrons. The van der Waals surface area contributed by atoms with Gasteiger partial charge in [-0.05, 0) is 43.0 Å². The Morgan fingerprint density at radius 3 is 2.68 bits per heavy atom. The lowest BCUT2D eigenvalue weighted by Crippen LogP contribution is -2.32. The van der Waals surface area contributed by atoms with Crippen LogP contribution in [0.5, 0.6) is 0 Å². The van der Waals surface area contributed by atoms with Gasteiger partial charge in [-0.2, -0.15) is 0 Å². The highest BCUT2D eigenvalue weighted by atomic mass is 16.2. The molecule has 1 saturated heterocycles. The number of rotatable bonds is 3. The molecule has 1 heterocycles. The summed E-state index contributed by atoms with van der Waals surface area (Å²) in [6.07, 6.45) is 2.65. The van der Waals surface area contributed by atoms with Crippen LogP contribution in [0.15, 0.2) is 24.3 Å². The van der Waals surface area contributed by atoms with Gasteiger partial charge in [0.25, 0.3) is 0 Å². The van der Waals surface area contributed by atoms with Gasteiger partial charge in [0.15, 0.2) is 0 Å². The second kappa shape index (κ2) is 6.75. The maximum atomic E-state index is 8.67. The van der Waals surface area contributed by atoms with Crippen molar-refractivity contribution in [3.8, 4) is 11.8 Å². The minimum Gasteiger partial charge on any atom is -0.384 e. The van der Waals surface area contributed by atoms with Crippen LogP contribution in [0.1, 0.15) is 37.8 Å².